The number of piperidine rings is 1. The third-order valence-electron chi connectivity index (χ3n) is 6.30. The Kier molecular flexibility index (Phi) is 4.94. The molecule has 2 aromatic rings. The molecular weight excluding hydrogens is 338 g/mol. The van der Waals surface area contributed by atoms with Crippen LogP contribution in [0.4, 0.5) is 0 Å². The Morgan fingerprint density at radius 2 is 2.07 bits per heavy atom. The Labute approximate surface area is 160 Å². The normalized spacial score (nSPS) is 19.3. The summed E-state index contributed by atoms with van der Waals surface area (Å²) in [4.78, 5) is 26.0. The van der Waals surface area contributed by atoms with Crippen LogP contribution in [0.5, 0.6) is 0 Å². The van der Waals surface area contributed by atoms with E-state index in [0.717, 1.165) is 38.8 Å². The average molecular weight is 367 g/mol. The summed E-state index contributed by atoms with van der Waals surface area (Å²) in [6, 6.07) is 6.62. The Hall–Kier alpha value is -2.30. The zero-order chi connectivity index (χ0) is 19.0. The highest BCUT2D eigenvalue weighted by atomic mass is 16.2. The van der Waals surface area contributed by atoms with Crippen LogP contribution in [-0.2, 0) is 29.0 Å². The molecule has 2 amide bonds. The van der Waals surface area contributed by atoms with Gasteiger partial charge in [0.1, 0.15) is 0 Å². The van der Waals surface area contributed by atoms with E-state index in [1.807, 2.05) is 0 Å². The lowest BCUT2D eigenvalue weighted by Crippen LogP contribution is -2.45. The van der Waals surface area contributed by atoms with E-state index in [-0.39, 0.29) is 17.7 Å². The van der Waals surface area contributed by atoms with E-state index in [0.29, 0.717) is 13.1 Å². The zero-order valence-corrected chi connectivity index (χ0v) is 16.4. The first-order chi connectivity index (χ1) is 13.1. The number of hydrogen-bond donors (Lipinski definition) is 1. The Morgan fingerprint density at radius 1 is 1.22 bits per heavy atom. The largest absolute Gasteiger partial charge is 0.355 e. The molecule has 4 rings (SSSR count). The molecule has 0 saturated carbocycles. The van der Waals surface area contributed by atoms with Gasteiger partial charge < -0.3 is 14.8 Å². The smallest absolute Gasteiger partial charge is 0.224 e. The quantitative estimate of drug-likeness (QED) is 0.903. The van der Waals surface area contributed by atoms with Gasteiger partial charge in [-0.3, -0.25) is 9.59 Å². The zero-order valence-electron chi connectivity index (χ0n) is 16.4. The summed E-state index contributed by atoms with van der Waals surface area (Å²) in [6.07, 6.45) is 5.00. The second-order valence-electron chi connectivity index (χ2n) is 7.98. The van der Waals surface area contributed by atoms with Gasteiger partial charge in [-0.1, -0.05) is 18.2 Å². The lowest BCUT2D eigenvalue weighted by atomic mass is 9.97. The highest BCUT2D eigenvalue weighted by molar-refractivity contribution is 5.89. The summed E-state index contributed by atoms with van der Waals surface area (Å²) in [7, 11) is 0. The molecule has 27 heavy (non-hydrogen) atoms. The van der Waals surface area contributed by atoms with Crippen LogP contribution in [0.3, 0.4) is 0 Å². The van der Waals surface area contributed by atoms with Crippen molar-refractivity contribution in [3.8, 4) is 0 Å². The van der Waals surface area contributed by atoms with Crippen molar-refractivity contribution >= 4 is 22.7 Å². The highest BCUT2D eigenvalue weighted by Gasteiger charge is 2.27. The van der Waals surface area contributed by atoms with Gasteiger partial charge in [-0.25, -0.2) is 0 Å². The van der Waals surface area contributed by atoms with Crippen LogP contribution in [0.2, 0.25) is 0 Å². The fourth-order valence-corrected chi connectivity index (χ4v) is 4.84. The van der Waals surface area contributed by atoms with Gasteiger partial charge in [-0.2, -0.15) is 0 Å². The van der Waals surface area contributed by atoms with E-state index in [2.05, 4.69) is 35.0 Å². The van der Waals surface area contributed by atoms with Crippen LogP contribution in [-0.4, -0.2) is 40.9 Å². The Balaban J connectivity index is 1.43. The average Bonchev–Trinajstić information content (AvgIpc) is 2.96. The summed E-state index contributed by atoms with van der Waals surface area (Å²) in [6.45, 7) is 6.87. The first kappa shape index (κ1) is 18.1. The maximum atomic E-state index is 12.6. The molecule has 1 unspecified atom stereocenters. The van der Waals surface area contributed by atoms with Crippen molar-refractivity contribution in [1.29, 1.82) is 0 Å². The van der Waals surface area contributed by atoms with Crippen molar-refractivity contribution in [1.82, 2.24) is 14.8 Å². The van der Waals surface area contributed by atoms with Crippen LogP contribution in [0.25, 0.3) is 10.9 Å². The predicted molar refractivity (Wildman–Crippen MR) is 107 cm³/mol. The number of aryl methyl sites for hydroxylation is 2. The van der Waals surface area contributed by atoms with Gasteiger partial charge in [-0.05, 0) is 50.2 Å². The lowest BCUT2D eigenvalue weighted by Gasteiger charge is -2.31. The topological polar surface area (TPSA) is 54.3 Å². The summed E-state index contributed by atoms with van der Waals surface area (Å²) in [5, 5.41) is 4.47. The van der Waals surface area contributed by atoms with E-state index in [9.17, 15) is 9.59 Å². The van der Waals surface area contributed by atoms with Crippen molar-refractivity contribution in [2.45, 2.75) is 52.5 Å². The predicted octanol–water partition coefficient (Wildman–Crippen LogP) is 2.81. The van der Waals surface area contributed by atoms with Gasteiger partial charge in [0, 0.05) is 44.2 Å². The second kappa shape index (κ2) is 7.37. The number of hydrogen-bond acceptors (Lipinski definition) is 2. The first-order valence-electron chi connectivity index (χ1n) is 10.2. The first-order valence-corrected chi connectivity index (χ1v) is 10.2. The molecule has 1 atom stereocenters. The Bertz CT molecular complexity index is 883. The molecule has 144 valence electrons. The van der Waals surface area contributed by atoms with Crippen molar-refractivity contribution in [2.75, 3.05) is 19.6 Å². The number of nitrogens with zero attached hydrogens (tertiary/aromatic N) is 2. The number of carbonyl (C=O) groups excluding carboxylic acids is 2. The van der Waals surface area contributed by atoms with Gasteiger partial charge in [0.2, 0.25) is 11.8 Å². The number of aromatic nitrogens is 1. The summed E-state index contributed by atoms with van der Waals surface area (Å²) < 4.78 is 2.46. The molecule has 5 nitrogen and oxygen atoms in total. The highest BCUT2D eigenvalue weighted by Crippen LogP contribution is 2.32. The molecule has 1 fully saturated rings. The molecule has 2 aliphatic rings. The van der Waals surface area contributed by atoms with E-state index in [4.69, 9.17) is 0 Å². The summed E-state index contributed by atoms with van der Waals surface area (Å²) in [5.41, 5.74) is 5.55. The minimum absolute atomic E-state index is 0.0669. The fraction of sp³-hybridized carbons (Fsp3) is 0.545. The van der Waals surface area contributed by atoms with Gasteiger partial charge in [-0.15, -0.1) is 0 Å². The van der Waals surface area contributed by atoms with E-state index >= 15 is 0 Å². The molecular formula is C22H29N3O2. The second-order valence-corrected chi connectivity index (χ2v) is 7.98. The molecule has 0 aliphatic carbocycles. The minimum Gasteiger partial charge on any atom is -0.355 e. The number of para-hydroxylation sites is 1. The van der Waals surface area contributed by atoms with E-state index in [1.165, 1.54) is 34.1 Å². The van der Waals surface area contributed by atoms with E-state index < -0.39 is 0 Å². The van der Waals surface area contributed by atoms with Gasteiger partial charge in [0.15, 0.2) is 0 Å². The van der Waals surface area contributed by atoms with Crippen LogP contribution in [0.1, 0.15) is 43.0 Å². The Morgan fingerprint density at radius 3 is 2.89 bits per heavy atom. The number of rotatable bonds is 4. The third-order valence-corrected chi connectivity index (χ3v) is 6.30. The fourth-order valence-electron chi connectivity index (χ4n) is 4.84. The monoisotopic (exact) mass is 367 g/mol. The van der Waals surface area contributed by atoms with Crippen LogP contribution in [0.15, 0.2) is 18.2 Å². The SMILES string of the molecule is CC(=O)N1CCCC(C(=O)NCCc2c(C)n3c4c(cccc24)CCC3)C1. The van der Waals surface area contributed by atoms with Crippen molar-refractivity contribution in [3.05, 3.63) is 35.0 Å². The van der Waals surface area contributed by atoms with E-state index in [1.54, 1.807) is 11.8 Å². The molecule has 0 spiro atoms. The number of nitrogens with one attached hydrogen (secondary N) is 1. The molecule has 0 radical (unpaired) electrons. The standard InChI is InChI=1S/C22H29N3O2/c1-15-19(20-9-3-6-17-7-5-13-25(15)21(17)20)10-11-23-22(27)18-8-4-12-24(14-18)16(2)26/h3,6,9,18H,4-5,7-8,10-14H2,1-2H3,(H,23,27). The molecule has 1 aromatic carbocycles. The molecule has 3 heterocycles. The molecule has 2 aliphatic heterocycles. The van der Waals surface area contributed by atoms with Crippen LogP contribution in [0, 0.1) is 12.8 Å². The lowest BCUT2D eigenvalue weighted by molar-refractivity contribution is -0.133. The molecule has 5 heteroatoms. The maximum Gasteiger partial charge on any atom is 0.224 e. The van der Waals surface area contributed by atoms with Crippen LogP contribution < -0.4 is 5.32 Å². The minimum atomic E-state index is -0.0706. The third kappa shape index (κ3) is 3.35. The number of likely N-dealkylation sites (tertiary alicyclic amines) is 1. The number of benzene rings is 1. The van der Waals surface area contributed by atoms with Crippen molar-refractivity contribution in [3.63, 3.8) is 0 Å². The van der Waals surface area contributed by atoms with Crippen molar-refractivity contribution in [2.24, 2.45) is 5.92 Å². The summed E-state index contributed by atoms with van der Waals surface area (Å²) in [5.74, 6) is 0.0865. The molecule has 1 N–H and O–H groups in total. The van der Waals surface area contributed by atoms with Crippen LogP contribution >= 0.6 is 0 Å². The maximum absolute atomic E-state index is 12.6. The molecule has 1 aromatic heterocycles. The van der Waals surface area contributed by atoms with Crippen molar-refractivity contribution < 1.29 is 9.59 Å². The number of amides is 2. The van der Waals surface area contributed by atoms with Gasteiger partial charge in [0.05, 0.1) is 11.4 Å². The van der Waals surface area contributed by atoms with Gasteiger partial charge in [0.25, 0.3) is 0 Å². The molecule has 1 saturated heterocycles. The molecule has 0 bridgehead atoms. The summed E-state index contributed by atoms with van der Waals surface area (Å²) >= 11 is 0. The number of carbonyl (C=O) groups is 2. The van der Waals surface area contributed by atoms with Gasteiger partial charge >= 0.3 is 0 Å².